The maximum Gasteiger partial charge on any atom is 0.150 e. The highest BCUT2D eigenvalue weighted by Gasteiger charge is 2.09. The summed E-state index contributed by atoms with van der Waals surface area (Å²) in [4.78, 5) is 0. The zero-order chi connectivity index (χ0) is 9.42. The molecule has 3 heteroatoms. The van der Waals surface area contributed by atoms with Crippen LogP contribution in [0.5, 0.6) is 5.75 Å². The third-order valence-electron chi connectivity index (χ3n) is 2.02. The van der Waals surface area contributed by atoms with Crippen LogP contribution in [0.15, 0.2) is 17.5 Å². The van der Waals surface area contributed by atoms with E-state index in [2.05, 4.69) is 47.0 Å². The Bertz CT molecular complexity index is 447. The Labute approximate surface area is 94.9 Å². The van der Waals surface area contributed by atoms with E-state index < -0.39 is 0 Å². The summed E-state index contributed by atoms with van der Waals surface area (Å²) in [5.74, 6) is 1.02. The van der Waals surface area contributed by atoms with Crippen LogP contribution in [0, 0.1) is 10.5 Å². The number of hydrogen-bond donors (Lipinski definition) is 0. The van der Waals surface area contributed by atoms with Crippen molar-refractivity contribution in [2.45, 2.75) is 6.92 Å². The topological polar surface area (TPSA) is 9.23 Å². The molecule has 2 aromatic rings. The fraction of sp³-hybridized carbons (Fsp3) is 0.200. The van der Waals surface area contributed by atoms with Gasteiger partial charge in [-0.2, -0.15) is 0 Å². The van der Waals surface area contributed by atoms with Gasteiger partial charge in [0.05, 0.1) is 15.4 Å². The van der Waals surface area contributed by atoms with Crippen LogP contribution in [0.2, 0.25) is 0 Å². The molecule has 0 aliphatic heterocycles. The second-order valence-electron chi connectivity index (χ2n) is 2.88. The lowest BCUT2D eigenvalue weighted by Gasteiger charge is -2.07. The van der Waals surface area contributed by atoms with E-state index in [0.29, 0.717) is 0 Å². The van der Waals surface area contributed by atoms with Crippen LogP contribution in [0.1, 0.15) is 5.56 Å². The van der Waals surface area contributed by atoms with Gasteiger partial charge in [-0.1, -0.05) is 0 Å². The van der Waals surface area contributed by atoms with Crippen LogP contribution < -0.4 is 4.74 Å². The van der Waals surface area contributed by atoms with E-state index in [4.69, 9.17) is 4.74 Å². The van der Waals surface area contributed by atoms with Crippen molar-refractivity contribution >= 4 is 44.0 Å². The summed E-state index contributed by atoms with van der Waals surface area (Å²) < 4.78 is 7.87. The Morgan fingerprint density at radius 3 is 2.92 bits per heavy atom. The van der Waals surface area contributed by atoms with E-state index in [1.807, 2.05) is 0 Å². The van der Waals surface area contributed by atoms with Crippen LogP contribution in [-0.4, -0.2) is 7.11 Å². The van der Waals surface area contributed by atoms with E-state index in [-0.39, 0.29) is 0 Å². The molecule has 0 bridgehead atoms. The molecule has 68 valence electrons. The molecular formula is C10H9IOS. The third-order valence-corrected chi connectivity index (χ3v) is 4.29. The SMILES string of the molecule is COc1c(I)c(C)cc2ccsc12. The highest BCUT2D eigenvalue weighted by Crippen LogP contribution is 2.36. The number of rotatable bonds is 1. The molecule has 1 heterocycles. The molecule has 2 rings (SSSR count). The van der Waals surface area contributed by atoms with E-state index >= 15 is 0 Å². The Morgan fingerprint density at radius 1 is 1.46 bits per heavy atom. The highest BCUT2D eigenvalue weighted by molar-refractivity contribution is 14.1. The van der Waals surface area contributed by atoms with Crippen LogP contribution in [0.4, 0.5) is 0 Å². The lowest BCUT2D eigenvalue weighted by Crippen LogP contribution is -1.89. The first kappa shape index (κ1) is 9.27. The average molecular weight is 304 g/mol. The maximum atomic E-state index is 5.40. The van der Waals surface area contributed by atoms with Gasteiger partial charge >= 0.3 is 0 Å². The van der Waals surface area contributed by atoms with Crippen LogP contribution in [0.3, 0.4) is 0 Å². The molecule has 0 amide bonds. The number of fused-ring (bicyclic) bond motifs is 1. The molecule has 1 aromatic heterocycles. The summed E-state index contributed by atoms with van der Waals surface area (Å²) in [6.45, 7) is 2.11. The number of thiophene rings is 1. The molecule has 0 aliphatic rings. The zero-order valence-corrected chi connectivity index (χ0v) is 10.4. The lowest BCUT2D eigenvalue weighted by atomic mass is 10.2. The van der Waals surface area contributed by atoms with E-state index in [9.17, 15) is 0 Å². The third kappa shape index (κ3) is 1.44. The number of aryl methyl sites for hydroxylation is 1. The quantitative estimate of drug-likeness (QED) is 0.728. The van der Waals surface area contributed by atoms with Crippen molar-refractivity contribution in [3.05, 3.63) is 26.6 Å². The van der Waals surface area contributed by atoms with E-state index in [1.165, 1.54) is 19.2 Å². The molecule has 1 aromatic carbocycles. The predicted molar refractivity (Wildman–Crippen MR) is 65.8 cm³/mol. The minimum absolute atomic E-state index is 1.02. The first-order valence-electron chi connectivity index (χ1n) is 3.94. The van der Waals surface area contributed by atoms with Crippen molar-refractivity contribution in [2.75, 3.05) is 7.11 Å². The minimum atomic E-state index is 1.02. The van der Waals surface area contributed by atoms with Crippen molar-refractivity contribution in [3.8, 4) is 5.75 Å². The van der Waals surface area contributed by atoms with Gasteiger partial charge in [0, 0.05) is 0 Å². The van der Waals surface area contributed by atoms with Crippen molar-refractivity contribution in [3.63, 3.8) is 0 Å². The van der Waals surface area contributed by atoms with Gasteiger partial charge in [-0.25, -0.2) is 0 Å². The fourth-order valence-corrected chi connectivity index (χ4v) is 3.11. The summed E-state index contributed by atoms with van der Waals surface area (Å²) in [6.07, 6.45) is 0. The highest BCUT2D eigenvalue weighted by atomic mass is 127. The molecule has 0 spiro atoms. The van der Waals surface area contributed by atoms with Gasteiger partial charge < -0.3 is 4.74 Å². The molecule has 0 N–H and O–H groups in total. The van der Waals surface area contributed by atoms with Crippen molar-refractivity contribution in [1.29, 1.82) is 0 Å². The molecule has 0 saturated carbocycles. The summed E-state index contributed by atoms with van der Waals surface area (Å²) in [6, 6.07) is 4.34. The summed E-state index contributed by atoms with van der Waals surface area (Å²) in [5, 5.41) is 3.38. The molecule has 0 radical (unpaired) electrons. The van der Waals surface area contributed by atoms with Gasteiger partial charge in [0.1, 0.15) is 5.75 Å². The molecule has 0 saturated heterocycles. The molecule has 13 heavy (non-hydrogen) atoms. The molecule has 1 nitrogen and oxygen atoms in total. The second-order valence-corrected chi connectivity index (χ2v) is 4.87. The van der Waals surface area contributed by atoms with Crippen molar-refractivity contribution < 1.29 is 4.74 Å². The normalized spacial score (nSPS) is 10.7. The zero-order valence-electron chi connectivity index (χ0n) is 7.43. The largest absolute Gasteiger partial charge is 0.494 e. The molecule has 0 fully saturated rings. The monoisotopic (exact) mass is 304 g/mol. The molecule has 0 atom stereocenters. The Kier molecular flexibility index (Phi) is 2.47. The van der Waals surface area contributed by atoms with Gasteiger partial charge in [0.15, 0.2) is 0 Å². The van der Waals surface area contributed by atoms with Gasteiger partial charge in [-0.05, 0) is 58.0 Å². The van der Waals surface area contributed by atoms with Gasteiger partial charge in [-0.15, -0.1) is 11.3 Å². The molecule has 0 unspecified atom stereocenters. The Hall–Kier alpha value is -0.290. The standard InChI is InChI=1S/C10H9IOS/c1-6-5-7-3-4-13-10(7)9(12-2)8(6)11/h3-5H,1-2H3. The van der Waals surface area contributed by atoms with Crippen LogP contribution in [-0.2, 0) is 0 Å². The van der Waals surface area contributed by atoms with Crippen molar-refractivity contribution in [2.24, 2.45) is 0 Å². The first-order valence-corrected chi connectivity index (χ1v) is 5.90. The number of halogens is 1. The fourth-order valence-electron chi connectivity index (χ4n) is 1.38. The van der Waals surface area contributed by atoms with Crippen LogP contribution in [0.25, 0.3) is 10.1 Å². The Morgan fingerprint density at radius 2 is 2.23 bits per heavy atom. The van der Waals surface area contributed by atoms with Gasteiger partial charge in [0.25, 0.3) is 0 Å². The first-order chi connectivity index (χ1) is 6.24. The average Bonchev–Trinajstić information content (AvgIpc) is 2.54. The van der Waals surface area contributed by atoms with Gasteiger partial charge in [-0.3, -0.25) is 0 Å². The molecule has 0 aliphatic carbocycles. The summed E-state index contributed by atoms with van der Waals surface area (Å²) in [7, 11) is 1.73. The smallest absolute Gasteiger partial charge is 0.150 e. The van der Waals surface area contributed by atoms with E-state index in [1.54, 1.807) is 18.4 Å². The number of benzene rings is 1. The van der Waals surface area contributed by atoms with Gasteiger partial charge in [0.2, 0.25) is 0 Å². The predicted octanol–water partition coefficient (Wildman–Crippen LogP) is 3.82. The van der Waals surface area contributed by atoms with Crippen molar-refractivity contribution in [1.82, 2.24) is 0 Å². The molecular weight excluding hydrogens is 295 g/mol. The minimum Gasteiger partial charge on any atom is -0.494 e. The number of methoxy groups -OCH3 is 1. The number of ether oxygens (including phenoxy) is 1. The van der Waals surface area contributed by atoms with Crippen LogP contribution >= 0.6 is 33.9 Å². The van der Waals surface area contributed by atoms with E-state index in [0.717, 1.165) is 5.75 Å². The summed E-state index contributed by atoms with van der Waals surface area (Å²) >= 11 is 4.06. The lowest BCUT2D eigenvalue weighted by molar-refractivity contribution is 0.417. The second kappa shape index (κ2) is 3.46. The summed E-state index contributed by atoms with van der Waals surface area (Å²) in [5.41, 5.74) is 1.28. The Balaban J connectivity index is 2.87. The maximum absolute atomic E-state index is 5.40. The number of hydrogen-bond acceptors (Lipinski definition) is 2.